The number of hydrogen-bond acceptors (Lipinski definition) is 6. The minimum Gasteiger partial charge on any atom is -0.384 e. The Bertz CT molecular complexity index is 826. The summed E-state index contributed by atoms with van der Waals surface area (Å²) in [4.78, 5) is 28.3. The summed E-state index contributed by atoms with van der Waals surface area (Å²) in [7, 11) is 2.95. The maximum Gasteiger partial charge on any atom is 0.417 e. The van der Waals surface area contributed by atoms with Crippen LogP contribution in [0, 0.1) is 11.3 Å². The fourth-order valence-corrected chi connectivity index (χ4v) is 3.33. The fraction of sp³-hybridized carbons (Fsp3) is 0.550. The van der Waals surface area contributed by atoms with Gasteiger partial charge in [0.1, 0.15) is 6.04 Å². The summed E-state index contributed by atoms with van der Waals surface area (Å²) in [5, 5.41) is 11.7. The lowest BCUT2D eigenvalue weighted by Crippen LogP contribution is -2.61. The Morgan fingerprint density at radius 2 is 1.94 bits per heavy atom. The summed E-state index contributed by atoms with van der Waals surface area (Å²) in [6.45, 7) is 1.13. The highest BCUT2D eigenvalue weighted by atomic mass is 19.4. The summed E-state index contributed by atoms with van der Waals surface area (Å²) in [5.74, 6) is -0.693. The highest BCUT2D eigenvalue weighted by molar-refractivity contribution is 5.88. The van der Waals surface area contributed by atoms with E-state index >= 15 is 0 Å². The van der Waals surface area contributed by atoms with Gasteiger partial charge < -0.3 is 24.6 Å². The van der Waals surface area contributed by atoms with E-state index in [2.05, 4.69) is 5.32 Å². The third-order valence-electron chi connectivity index (χ3n) is 4.92. The normalized spacial score (nSPS) is 16.7. The number of halogens is 3. The molecule has 8 nitrogen and oxygen atoms in total. The molecule has 0 saturated carbocycles. The first-order chi connectivity index (χ1) is 14.7. The number of rotatable bonds is 8. The van der Waals surface area contributed by atoms with Crippen molar-refractivity contribution in [3.63, 3.8) is 0 Å². The van der Waals surface area contributed by atoms with Crippen molar-refractivity contribution >= 4 is 17.5 Å². The van der Waals surface area contributed by atoms with E-state index in [4.69, 9.17) is 14.7 Å². The van der Waals surface area contributed by atoms with Crippen molar-refractivity contribution in [1.29, 1.82) is 5.26 Å². The van der Waals surface area contributed by atoms with E-state index in [0.29, 0.717) is 0 Å². The minimum absolute atomic E-state index is 0.0146. The van der Waals surface area contributed by atoms with Gasteiger partial charge in [0.05, 0.1) is 36.8 Å². The summed E-state index contributed by atoms with van der Waals surface area (Å²) >= 11 is 0. The fourth-order valence-electron chi connectivity index (χ4n) is 3.33. The lowest BCUT2D eigenvalue weighted by Gasteiger charge is -2.41. The number of nitrogens with zero attached hydrogens (tertiary/aromatic N) is 3. The predicted octanol–water partition coefficient (Wildman–Crippen LogP) is 1.39. The van der Waals surface area contributed by atoms with Gasteiger partial charge in [-0.05, 0) is 18.2 Å². The second-order valence-electron chi connectivity index (χ2n) is 6.92. The number of ether oxygens (including phenoxy) is 2. The molecule has 1 heterocycles. The molecule has 0 bridgehead atoms. The van der Waals surface area contributed by atoms with Crippen LogP contribution in [0.3, 0.4) is 0 Å². The quantitative estimate of drug-likeness (QED) is 0.612. The van der Waals surface area contributed by atoms with Crippen molar-refractivity contribution in [3.05, 3.63) is 29.3 Å². The molecule has 1 aromatic rings. The van der Waals surface area contributed by atoms with Crippen LogP contribution < -0.4 is 10.2 Å². The van der Waals surface area contributed by atoms with Crippen LogP contribution in [-0.4, -0.2) is 76.4 Å². The van der Waals surface area contributed by atoms with Crippen LogP contribution in [0.5, 0.6) is 0 Å². The van der Waals surface area contributed by atoms with Crippen molar-refractivity contribution in [2.24, 2.45) is 0 Å². The second-order valence-corrected chi connectivity index (χ2v) is 6.92. The standard InChI is InChI=1S/C20H25F3N4O4/c1-30-9-5-18(28)27-8-7-26(13-17(27)19(29)25-6-10-31-2)15-4-3-14(12-24)16(11-15)20(21,22)23/h3-4,11,17H,5-10,13H2,1-2H3,(H,25,29). The van der Waals surface area contributed by atoms with E-state index in [0.717, 1.165) is 12.1 Å². The first kappa shape index (κ1) is 24.4. The van der Waals surface area contributed by atoms with Gasteiger partial charge in [-0.2, -0.15) is 18.4 Å². The maximum atomic E-state index is 13.3. The highest BCUT2D eigenvalue weighted by Crippen LogP contribution is 2.35. The molecule has 0 radical (unpaired) electrons. The van der Waals surface area contributed by atoms with Crippen LogP contribution in [0.4, 0.5) is 18.9 Å². The number of nitrogens with one attached hydrogen (secondary N) is 1. The summed E-state index contributed by atoms with van der Waals surface area (Å²) in [5.41, 5.74) is -1.28. The molecule has 1 unspecified atom stereocenters. The summed E-state index contributed by atoms with van der Waals surface area (Å²) in [6.07, 6.45) is -4.59. The first-order valence-corrected chi connectivity index (χ1v) is 9.64. The van der Waals surface area contributed by atoms with Gasteiger partial charge in [0.25, 0.3) is 0 Å². The molecule has 0 spiro atoms. The van der Waals surface area contributed by atoms with Gasteiger partial charge >= 0.3 is 6.18 Å². The van der Waals surface area contributed by atoms with E-state index < -0.39 is 29.3 Å². The van der Waals surface area contributed by atoms with Crippen LogP contribution in [0.25, 0.3) is 0 Å². The molecule has 1 aliphatic heterocycles. The van der Waals surface area contributed by atoms with Crippen molar-refractivity contribution < 1.29 is 32.2 Å². The summed E-state index contributed by atoms with van der Waals surface area (Å²) < 4.78 is 49.8. The lowest BCUT2D eigenvalue weighted by molar-refractivity contribution is -0.141. The molecular formula is C20H25F3N4O4. The molecule has 1 aromatic carbocycles. The van der Waals surface area contributed by atoms with E-state index in [1.165, 1.54) is 25.2 Å². The second kappa shape index (κ2) is 11.0. The van der Waals surface area contributed by atoms with Gasteiger partial charge in [0.2, 0.25) is 11.8 Å². The molecule has 1 aliphatic rings. The van der Waals surface area contributed by atoms with Crippen LogP contribution in [0.1, 0.15) is 17.5 Å². The minimum atomic E-state index is -4.68. The SMILES string of the molecule is COCCNC(=O)C1CN(c2ccc(C#N)c(C(F)(F)F)c2)CCN1C(=O)CCOC. The number of carbonyl (C=O) groups is 2. The molecule has 1 N–H and O–H groups in total. The third-order valence-corrected chi connectivity index (χ3v) is 4.92. The van der Waals surface area contributed by atoms with Crippen molar-refractivity contribution in [2.75, 3.05) is 58.5 Å². The Morgan fingerprint density at radius 1 is 1.23 bits per heavy atom. The number of amides is 2. The average molecular weight is 442 g/mol. The molecule has 0 aliphatic carbocycles. The molecule has 1 saturated heterocycles. The zero-order valence-electron chi connectivity index (χ0n) is 17.4. The Balaban J connectivity index is 2.27. The highest BCUT2D eigenvalue weighted by Gasteiger charge is 2.37. The molecular weight excluding hydrogens is 417 g/mol. The Kier molecular flexibility index (Phi) is 8.65. The van der Waals surface area contributed by atoms with E-state index in [9.17, 15) is 22.8 Å². The van der Waals surface area contributed by atoms with Crippen LogP contribution >= 0.6 is 0 Å². The van der Waals surface area contributed by atoms with Gasteiger partial charge in [-0.1, -0.05) is 0 Å². The zero-order chi connectivity index (χ0) is 23.0. The van der Waals surface area contributed by atoms with E-state index in [-0.39, 0.29) is 57.4 Å². The molecule has 0 aromatic heterocycles. The van der Waals surface area contributed by atoms with Gasteiger partial charge in [0, 0.05) is 46.1 Å². The lowest BCUT2D eigenvalue weighted by atomic mass is 10.0. The van der Waals surface area contributed by atoms with Crippen molar-refractivity contribution in [1.82, 2.24) is 10.2 Å². The van der Waals surface area contributed by atoms with Gasteiger partial charge in [0.15, 0.2) is 0 Å². The molecule has 2 amide bonds. The van der Waals surface area contributed by atoms with Crippen molar-refractivity contribution in [2.45, 2.75) is 18.6 Å². The van der Waals surface area contributed by atoms with Crippen molar-refractivity contribution in [3.8, 4) is 6.07 Å². The van der Waals surface area contributed by atoms with E-state index in [1.807, 2.05) is 0 Å². The molecule has 1 atom stereocenters. The molecule has 170 valence electrons. The monoisotopic (exact) mass is 442 g/mol. The van der Waals surface area contributed by atoms with Gasteiger partial charge in [-0.15, -0.1) is 0 Å². The Morgan fingerprint density at radius 3 is 2.55 bits per heavy atom. The van der Waals surface area contributed by atoms with Crippen LogP contribution in [0.2, 0.25) is 0 Å². The molecule has 2 rings (SSSR count). The number of carbonyl (C=O) groups excluding carboxylic acids is 2. The van der Waals surface area contributed by atoms with E-state index in [1.54, 1.807) is 11.0 Å². The number of anilines is 1. The first-order valence-electron chi connectivity index (χ1n) is 9.64. The topological polar surface area (TPSA) is 94.9 Å². The summed E-state index contributed by atoms with van der Waals surface area (Å²) in [6, 6.07) is 4.09. The Hall–Kier alpha value is -2.84. The predicted molar refractivity (Wildman–Crippen MR) is 105 cm³/mol. The van der Waals surface area contributed by atoms with Crippen LogP contribution in [0.15, 0.2) is 18.2 Å². The number of alkyl halides is 3. The third kappa shape index (κ3) is 6.32. The number of benzene rings is 1. The Labute approximate surface area is 178 Å². The largest absolute Gasteiger partial charge is 0.417 e. The maximum absolute atomic E-state index is 13.3. The number of piperazine rings is 1. The van der Waals surface area contributed by atoms with Crippen LogP contribution in [-0.2, 0) is 25.2 Å². The average Bonchev–Trinajstić information content (AvgIpc) is 2.76. The molecule has 31 heavy (non-hydrogen) atoms. The number of hydrogen-bond donors (Lipinski definition) is 1. The zero-order valence-corrected chi connectivity index (χ0v) is 17.4. The smallest absolute Gasteiger partial charge is 0.384 e. The van der Waals surface area contributed by atoms with Gasteiger partial charge in [-0.3, -0.25) is 9.59 Å². The molecule has 11 heteroatoms. The molecule has 1 fully saturated rings. The van der Waals surface area contributed by atoms with Gasteiger partial charge in [-0.25, -0.2) is 0 Å². The number of methoxy groups -OCH3 is 2. The number of nitriles is 1.